The maximum atomic E-state index is 8.98. The van der Waals surface area contributed by atoms with E-state index in [1.165, 1.54) is 0 Å². The summed E-state index contributed by atoms with van der Waals surface area (Å²) in [6.07, 6.45) is 5.11. The highest BCUT2D eigenvalue weighted by atomic mass is 16.3. The third-order valence-electron chi connectivity index (χ3n) is 1.10. The van der Waals surface area contributed by atoms with Crippen molar-refractivity contribution >= 4 is 0 Å². The number of aliphatic hydroxyl groups excluding tert-OH is 1. The minimum atomic E-state index is -0.319. The summed E-state index contributed by atoms with van der Waals surface area (Å²) in [5, 5.41) is 8.98. The second-order valence-corrected chi connectivity index (χ2v) is 2.22. The van der Waals surface area contributed by atoms with Gasteiger partial charge in [-0.15, -0.1) is 12.3 Å². The molecule has 0 aromatic carbocycles. The predicted octanol–water partition coefficient (Wildman–Crippen LogP) is 1.03. The van der Waals surface area contributed by atoms with E-state index < -0.39 is 0 Å². The average Bonchev–Trinajstić information content (AvgIpc) is 1.67. The van der Waals surface area contributed by atoms with Gasteiger partial charge in [0.2, 0.25) is 0 Å². The Labute approximate surface area is 50.7 Å². The number of hydrogen-bond acceptors (Lipinski definition) is 1. The minimum absolute atomic E-state index is 0.283. The van der Waals surface area contributed by atoms with E-state index >= 15 is 0 Å². The zero-order chi connectivity index (χ0) is 6.57. The fourth-order valence-corrected chi connectivity index (χ4v) is 0.356. The summed E-state index contributed by atoms with van der Waals surface area (Å²) in [7, 11) is 0. The van der Waals surface area contributed by atoms with Crippen LogP contribution in [0.1, 0.15) is 20.3 Å². The van der Waals surface area contributed by atoms with Crippen LogP contribution in [0.25, 0.3) is 0 Å². The first kappa shape index (κ1) is 7.52. The van der Waals surface area contributed by atoms with Crippen LogP contribution >= 0.6 is 0 Å². The maximum absolute atomic E-state index is 8.98. The maximum Gasteiger partial charge on any atom is 0.0672 e. The first-order chi connectivity index (χ1) is 3.68. The summed E-state index contributed by atoms with van der Waals surface area (Å²) < 4.78 is 0. The highest BCUT2D eigenvalue weighted by Gasteiger charge is 2.05. The summed E-state index contributed by atoms with van der Waals surface area (Å²) in [5.41, 5.74) is 0. The molecule has 0 aliphatic carbocycles. The molecular weight excluding hydrogens is 100 g/mol. The molecule has 0 saturated carbocycles. The highest BCUT2D eigenvalue weighted by molar-refractivity contribution is 4.87. The van der Waals surface area contributed by atoms with Crippen LogP contribution in [0.2, 0.25) is 0 Å². The molecule has 0 spiro atoms. The Hall–Kier alpha value is -0.480. The van der Waals surface area contributed by atoms with Gasteiger partial charge in [-0.3, -0.25) is 0 Å². The predicted molar refractivity (Wildman–Crippen MR) is 34.3 cm³/mol. The molecule has 0 saturated heterocycles. The van der Waals surface area contributed by atoms with Gasteiger partial charge in [0, 0.05) is 6.42 Å². The fraction of sp³-hybridized carbons (Fsp3) is 0.714. The first-order valence-corrected chi connectivity index (χ1v) is 2.80. The van der Waals surface area contributed by atoms with Crippen LogP contribution in [0.4, 0.5) is 0 Å². The van der Waals surface area contributed by atoms with Crippen LogP contribution < -0.4 is 0 Å². The molecule has 0 bridgehead atoms. The SMILES string of the molecule is C#CC[C@@H](O)C(C)C. The molecule has 1 nitrogen and oxygen atoms in total. The molecule has 0 aromatic rings. The molecule has 0 radical (unpaired) electrons. The monoisotopic (exact) mass is 112 g/mol. The lowest BCUT2D eigenvalue weighted by molar-refractivity contribution is 0.130. The van der Waals surface area contributed by atoms with Crippen LogP contribution in [0.3, 0.4) is 0 Å². The second kappa shape index (κ2) is 3.51. The van der Waals surface area contributed by atoms with Crippen LogP contribution in [0.15, 0.2) is 0 Å². The van der Waals surface area contributed by atoms with E-state index in [9.17, 15) is 0 Å². The van der Waals surface area contributed by atoms with Crippen molar-refractivity contribution in [1.82, 2.24) is 0 Å². The molecule has 1 atom stereocenters. The topological polar surface area (TPSA) is 20.2 Å². The Morgan fingerprint density at radius 1 is 1.62 bits per heavy atom. The van der Waals surface area contributed by atoms with Crippen molar-refractivity contribution in [1.29, 1.82) is 0 Å². The smallest absolute Gasteiger partial charge is 0.0672 e. The molecule has 0 aliphatic rings. The van der Waals surface area contributed by atoms with E-state index in [1.54, 1.807) is 0 Å². The largest absolute Gasteiger partial charge is 0.392 e. The Morgan fingerprint density at radius 2 is 2.12 bits per heavy atom. The Kier molecular flexibility index (Phi) is 3.30. The average molecular weight is 112 g/mol. The van der Waals surface area contributed by atoms with E-state index in [-0.39, 0.29) is 12.0 Å². The summed E-state index contributed by atoms with van der Waals surface area (Å²) in [6.45, 7) is 3.89. The van der Waals surface area contributed by atoms with Gasteiger partial charge in [-0.05, 0) is 5.92 Å². The fourth-order valence-electron chi connectivity index (χ4n) is 0.356. The van der Waals surface area contributed by atoms with Gasteiger partial charge in [-0.2, -0.15) is 0 Å². The van der Waals surface area contributed by atoms with E-state index in [0.29, 0.717) is 6.42 Å². The van der Waals surface area contributed by atoms with Crippen molar-refractivity contribution in [2.45, 2.75) is 26.4 Å². The molecule has 1 N–H and O–H groups in total. The molecule has 0 aromatic heterocycles. The molecule has 1 heteroatoms. The molecule has 8 heavy (non-hydrogen) atoms. The molecule has 0 rings (SSSR count). The van der Waals surface area contributed by atoms with Gasteiger partial charge >= 0.3 is 0 Å². The molecule has 0 unspecified atom stereocenters. The van der Waals surface area contributed by atoms with Crippen LogP contribution in [0.5, 0.6) is 0 Å². The quantitative estimate of drug-likeness (QED) is 0.529. The van der Waals surface area contributed by atoms with Crippen molar-refractivity contribution in [3.8, 4) is 12.3 Å². The Bertz CT molecular complexity index is 89.1. The molecule has 0 amide bonds. The van der Waals surface area contributed by atoms with Crippen molar-refractivity contribution < 1.29 is 5.11 Å². The van der Waals surface area contributed by atoms with Crippen molar-refractivity contribution in [2.75, 3.05) is 0 Å². The number of rotatable bonds is 2. The van der Waals surface area contributed by atoms with Gasteiger partial charge in [0.25, 0.3) is 0 Å². The van der Waals surface area contributed by atoms with Crippen LogP contribution in [-0.2, 0) is 0 Å². The number of terminal acetylenes is 1. The highest BCUT2D eigenvalue weighted by Crippen LogP contribution is 2.02. The minimum Gasteiger partial charge on any atom is -0.392 e. The van der Waals surface area contributed by atoms with Crippen LogP contribution in [0, 0.1) is 18.3 Å². The van der Waals surface area contributed by atoms with E-state index in [0.717, 1.165) is 0 Å². The van der Waals surface area contributed by atoms with E-state index in [4.69, 9.17) is 11.5 Å². The van der Waals surface area contributed by atoms with Crippen molar-refractivity contribution in [2.24, 2.45) is 5.92 Å². The number of hydrogen-bond donors (Lipinski definition) is 1. The van der Waals surface area contributed by atoms with Gasteiger partial charge in [0.15, 0.2) is 0 Å². The van der Waals surface area contributed by atoms with Crippen LogP contribution in [-0.4, -0.2) is 11.2 Å². The lowest BCUT2D eigenvalue weighted by atomic mass is 10.1. The standard InChI is InChI=1S/C7H12O/c1-4-5-7(8)6(2)3/h1,6-8H,5H2,2-3H3/t7-/m1/s1. The van der Waals surface area contributed by atoms with Crippen molar-refractivity contribution in [3.05, 3.63) is 0 Å². The molecule has 0 heterocycles. The summed E-state index contributed by atoms with van der Waals surface area (Å²) in [4.78, 5) is 0. The molecular formula is C7H12O. The normalized spacial score (nSPS) is 13.4. The number of aliphatic hydroxyl groups is 1. The first-order valence-electron chi connectivity index (χ1n) is 2.80. The third kappa shape index (κ3) is 2.65. The summed E-state index contributed by atoms with van der Waals surface area (Å²) in [6, 6.07) is 0. The lowest BCUT2D eigenvalue weighted by Gasteiger charge is -2.09. The zero-order valence-electron chi connectivity index (χ0n) is 5.39. The molecule has 46 valence electrons. The molecule has 0 fully saturated rings. The van der Waals surface area contributed by atoms with Gasteiger partial charge in [-0.25, -0.2) is 0 Å². The Morgan fingerprint density at radius 3 is 2.25 bits per heavy atom. The van der Waals surface area contributed by atoms with E-state index in [2.05, 4.69) is 5.92 Å². The van der Waals surface area contributed by atoms with Gasteiger partial charge < -0.3 is 5.11 Å². The van der Waals surface area contributed by atoms with Gasteiger partial charge in [0.05, 0.1) is 6.10 Å². The van der Waals surface area contributed by atoms with Gasteiger partial charge in [0.1, 0.15) is 0 Å². The second-order valence-electron chi connectivity index (χ2n) is 2.22. The Balaban J connectivity index is 3.35. The zero-order valence-corrected chi connectivity index (χ0v) is 5.39. The van der Waals surface area contributed by atoms with Gasteiger partial charge in [-0.1, -0.05) is 13.8 Å². The molecule has 0 aliphatic heterocycles. The summed E-state index contributed by atoms with van der Waals surface area (Å²) in [5.74, 6) is 2.68. The lowest BCUT2D eigenvalue weighted by Crippen LogP contribution is -2.12. The summed E-state index contributed by atoms with van der Waals surface area (Å²) >= 11 is 0. The van der Waals surface area contributed by atoms with E-state index in [1.807, 2.05) is 13.8 Å². The third-order valence-corrected chi connectivity index (χ3v) is 1.10. The van der Waals surface area contributed by atoms with Crippen molar-refractivity contribution in [3.63, 3.8) is 0 Å².